The highest BCUT2D eigenvalue weighted by atomic mass is 35.5. The van der Waals surface area contributed by atoms with Crippen LogP contribution in [0.5, 0.6) is 11.5 Å². The molecule has 5 rings (SSSR count). The van der Waals surface area contributed by atoms with Crippen molar-refractivity contribution >= 4 is 51.5 Å². The van der Waals surface area contributed by atoms with Gasteiger partial charge in [0, 0.05) is 47.4 Å². The monoisotopic (exact) mass is 567 g/mol. The number of rotatable bonds is 7. The first-order chi connectivity index (χ1) is 18.8. The Labute approximate surface area is 237 Å². The van der Waals surface area contributed by atoms with Gasteiger partial charge in [0.2, 0.25) is 0 Å². The molecule has 204 valence electrons. The summed E-state index contributed by atoms with van der Waals surface area (Å²) in [5.74, 6) is 1.12. The highest BCUT2D eigenvalue weighted by molar-refractivity contribution is 6.41. The van der Waals surface area contributed by atoms with Crippen molar-refractivity contribution in [3.63, 3.8) is 0 Å². The van der Waals surface area contributed by atoms with E-state index in [0.717, 1.165) is 42.6 Å². The highest BCUT2D eigenvalue weighted by Crippen LogP contribution is 2.46. The second kappa shape index (κ2) is 11.3. The number of H-pyrrole nitrogens is 1. The van der Waals surface area contributed by atoms with Crippen LogP contribution in [-0.2, 0) is 0 Å². The highest BCUT2D eigenvalue weighted by Gasteiger charge is 2.22. The number of benzene rings is 3. The number of nitrogens with zero attached hydrogens (tertiary/aromatic N) is 3. The van der Waals surface area contributed by atoms with E-state index in [0.29, 0.717) is 50.0 Å². The molecule has 4 aromatic rings. The number of hydrogen-bond acceptors (Lipinski definition) is 6. The van der Waals surface area contributed by atoms with E-state index in [4.69, 9.17) is 32.7 Å². The Morgan fingerprint density at radius 3 is 2.23 bits per heavy atom. The molecule has 1 aromatic heterocycles. The molecular formula is C29H31Cl2N5O3. The standard InChI is InChI=1S/C29H31Cl2N5O3/c1-35(2)19-11-13-36(14-12-19)20-8-5-17(6-9-20)29(37)32-28-21-10-7-18(15-22(21)33-34-28)25-26(30)23(38-3)16-24(39-4)27(25)31/h5-10,15-16,19H,11-14H2,1-4H3,(H2,32,33,34,37). The van der Waals surface area contributed by atoms with E-state index in [1.807, 2.05) is 42.5 Å². The van der Waals surface area contributed by atoms with E-state index in [2.05, 4.69) is 39.4 Å². The summed E-state index contributed by atoms with van der Waals surface area (Å²) in [6, 6.07) is 15.6. The summed E-state index contributed by atoms with van der Waals surface area (Å²) in [4.78, 5) is 17.7. The third-order valence-electron chi connectivity index (χ3n) is 7.35. The Bertz CT molecular complexity index is 1470. The van der Waals surface area contributed by atoms with Crippen LogP contribution < -0.4 is 19.7 Å². The molecule has 1 aliphatic heterocycles. The molecule has 8 nitrogen and oxygen atoms in total. The molecule has 2 N–H and O–H groups in total. The maximum absolute atomic E-state index is 13.0. The first-order valence-corrected chi connectivity index (χ1v) is 13.5. The number of anilines is 2. The van der Waals surface area contributed by atoms with Crippen LogP contribution >= 0.6 is 23.2 Å². The minimum Gasteiger partial charge on any atom is -0.495 e. The summed E-state index contributed by atoms with van der Waals surface area (Å²) < 4.78 is 10.8. The predicted octanol–water partition coefficient (Wildman–Crippen LogP) is 6.34. The lowest BCUT2D eigenvalue weighted by Gasteiger charge is -2.36. The molecule has 0 saturated carbocycles. The zero-order valence-corrected chi connectivity index (χ0v) is 23.9. The number of amides is 1. The van der Waals surface area contributed by atoms with Gasteiger partial charge in [-0.15, -0.1) is 0 Å². The van der Waals surface area contributed by atoms with Crippen LogP contribution in [0.25, 0.3) is 22.0 Å². The van der Waals surface area contributed by atoms with Crippen molar-refractivity contribution in [2.75, 3.05) is 51.6 Å². The van der Waals surface area contributed by atoms with Crippen molar-refractivity contribution in [3.05, 3.63) is 64.1 Å². The fourth-order valence-electron chi connectivity index (χ4n) is 5.05. The number of aromatic amines is 1. The fourth-order valence-corrected chi connectivity index (χ4v) is 5.77. The molecular weight excluding hydrogens is 537 g/mol. The van der Waals surface area contributed by atoms with Crippen LogP contribution in [0, 0.1) is 0 Å². The van der Waals surface area contributed by atoms with Gasteiger partial charge in [0.25, 0.3) is 5.91 Å². The van der Waals surface area contributed by atoms with Crippen molar-refractivity contribution in [3.8, 4) is 22.6 Å². The van der Waals surface area contributed by atoms with Crippen LogP contribution in [0.2, 0.25) is 10.0 Å². The van der Waals surface area contributed by atoms with Crippen molar-refractivity contribution in [1.82, 2.24) is 15.1 Å². The second-order valence-corrected chi connectivity index (χ2v) is 10.6. The Hall–Kier alpha value is -3.46. The first kappa shape index (κ1) is 27.1. The molecule has 0 spiro atoms. The zero-order valence-electron chi connectivity index (χ0n) is 22.3. The van der Waals surface area contributed by atoms with Crippen LogP contribution in [-0.4, -0.2) is 68.5 Å². The minimum absolute atomic E-state index is 0.228. The third kappa shape index (κ3) is 5.37. The van der Waals surface area contributed by atoms with Gasteiger partial charge in [0.1, 0.15) is 11.5 Å². The maximum Gasteiger partial charge on any atom is 0.256 e. The van der Waals surface area contributed by atoms with E-state index >= 15 is 0 Å². The summed E-state index contributed by atoms with van der Waals surface area (Å²) in [5, 5.41) is 11.8. The summed E-state index contributed by atoms with van der Waals surface area (Å²) in [5.41, 5.74) is 3.75. The van der Waals surface area contributed by atoms with Gasteiger partial charge in [-0.1, -0.05) is 29.3 Å². The number of methoxy groups -OCH3 is 2. The van der Waals surface area contributed by atoms with Crippen LogP contribution in [0.1, 0.15) is 23.2 Å². The lowest BCUT2D eigenvalue weighted by atomic mass is 10.0. The number of hydrogen-bond donors (Lipinski definition) is 2. The Kier molecular flexibility index (Phi) is 7.88. The van der Waals surface area contributed by atoms with Crippen LogP contribution in [0.3, 0.4) is 0 Å². The largest absolute Gasteiger partial charge is 0.495 e. The Balaban J connectivity index is 1.33. The van der Waals surface area contributed by atoms with Crippen LogP contribution in [0.15, 0.2) is 48.5 Å². The second-order valence-electron chi connectivity index (χ2n) is 9.80. The first-order valence-electron chi connectivity index (χ1n) is 12.7. The van der Waals surface area contributed by atoms with E-state index in [9.17, 15) is 4.79 Å². The minimum atomic E-state index is -0.228. The summed E-state index contributed by atoms with van der Waals surface area (Å²) >= 11 is 13.2. The molecule has 1 fully saturated rings. The lowest BCUT2D eigenvalue weighted by molar-refractivity contribution is 0.102. The molecule has 1 aliphatic rings. The van der Waals surface area contributed by atoms with Crippen molar-refractivity contribution in [2.24, 2.45) is 0 Å². The van der Waals surface area contributed by atoms with Crippen molar-refractivity contribution < 1.29 is 14.3 Å². The topological polar surface area (TPSA) is 82.7 Å². The molecule has 2 heterocycles. The van der Waals surface area contributed by atoms with Gasteiger partial charge in [-0.05, 0) is 68.9 Å². The number of carbonyl (C=O) groups excluding carboxylic acids is 1. The molecule has 0 bridgehead atoms. The molecule has 39 heavy (non-hydrogen) atoms. The quantitative estimate of drug-likeness (QED) is 0.271. The summed E-state index contributed by atoms with van der Waals surface area (Å²) in [6.45, 7) is 2.02. The number of piperidine rings is 1. The normalized spacial score (nSPS) is 14.2. The number of nitrogens with one attached hydrogen (secondary N) is 2. The van der Waals surface area contributed by atoms with Gasteiger partial charge in [-0.25, -0.2) is 0 Å². The summed E-state index contributed by atoms with van der Waals surface area (Å²) in [6.07, 6.45) is 2.26. The number of halogens is 2. The molecule has 0 radical (unpaired) electrons. The lowest BCUT2D eigenvalue weighted by Crippen LogP contribution is -2.41. The molecule has 1 saturated heterocycles. The number of fused-ring (bicyclic) bond motifs is 1. The smallest absolute Gasteiger partial charge is 0.256 e. The van der Waals surface area contributed by atoms with Gasteiger partial charge in [-0.2, -0.15) is 5.10 Å². The molecule has 0 unspecified atom stereocenters. The molecule has 0 aliphatic carbocycles. The van der Waals surface area contributed by atoms with Crippen molar-refractivity contribution in [2.45, 2.75) is 18.9 Å². The molecule has 10 heteroatoms. The zero-order chi connectivity index (χ0) is 27.7. The van der Waals surface area contributed by atoms with Gasteiger partial charge in [-0.3, -0.25) is 9.89 Å². The molecule has 0 atom stereocenters. The SMILES string of the molecule is COc1cc(OC)c(Cl)c(-c2ccc3c(NC(=O)c4ccc(N5CCC(N(C)C)CC5)cc4)n[nH]c3c2)c1Cl. The Morgan fingerprint density at radius 1 is 1.00 bits per heavy atom. The summed E-state index contributed by atoms with van der Waals surface area (Å²) in [7, 11) is 7.34. The number of carbonyl (C=O) groups is 1. The van der Waals surface area contributed by atoms with E-state index < -0.39 is 0 Å². The molecule has 3 aromatic carbocycles. The van der Waals surface area contributed by atoms with E-state index in [-0.39, 0.29) is 5.91 Å². The fraction of sp³-hybridized carbons (Fsp3) is 0.310. The van der Waals surface area contributed by atoms with E-state index in [1.54, 1.807) is 6.07 Å². The van der Waals surface area contributed by atoms with Gasteiger partial charge in [0.05, 0.1) is 29.8 Å². The predicted molar refractivity (Wildman–Crippen MR) is 158 cm³/mol. The average molecular weight is 569 g/mol. The average Bonchev–Trinajstić information content (AvgIpc) is 3.35. The van der Waals surface area contributed by atoms with E-state index in [1.165, 1.54) is 14.2 Å². The van der Waals surface area contributed by atoms with Crippen LogP contribution in [0.4, 0.5) is 11.5 Å². The number of ether oxygens (including phenoxy) is 2. The maximum atomic E-state index is 13.0. The third-order valence-corrected chi connectivity index (χ3v) is 8.10. The van der Waals surface area contributed by atoms with Gasteiger partial charge in [0.15, 0.2) is 5.82 Å². The number of aromatic nitrogens is 2. The molecule has 1 amide bonds. The van der Waals surface area contributed by atoms with Gasteiger partial charge < -0.3 is 24.6 Å². The van der Waals surface area contributed by atoms with Crippen molar-refractivity contribution in [1.29, 1.82) is 0 Å². The van der Waals surface area contributed by atoms with Gasteiger partial charge >= 0.3 is 0 Å². The Morgan fingerprint density at radius 2 is 1.64 bits per heavy atom.